The fourth-order valence-corrected chi connectivity index (χ4v) is 3.80. The Hall–Kier alpha value is 1.92. The summed E-state index contributed by atoms with van der Waals surface area (Å²) in [5.74, 6) is 0.822. The normalized spacial score (nSPS) is 39.5. The number of hydrogen-bond acceptors (Lipinski definition) is 0. The predicted octanol–water partition coefficient (Wildman–Crippen LogP) is 4.47. The largest absolute Gasteiger partial charge is 0.0916 e. The lowest BCUT2D eigenvalue weighted by Crippen LogP contribution is -2.30. The van der Waals surface area contributed by atoms with Gasteiger partial charge in [0.25, 0.3) is 0 Å². The van der Waals surface area contributed by atoms with Crippen LogP contribution in [0.15, 0.2) is 0 Å². The van der Waals surface area contributed by atoms with Crippen LogP contribution in [0.25, 0.3) is 0 Å². The highest BCUT2D eigenvalue weighted by atomic mass is 79.9. The molecule has 0 heterocycles. The van der Waals surface area contributed by atoms with E-state index in [1.165, 1.54) is 19.3 Å². The lowest BCUT2D eigenvalue weighted by atomic mass is 9.87. The monoisotopic (exact) mass is 424 g/mol. The molecule has 4 heteroatoms. The second-order valence-electron chi connectivity index (χ2n) is 3.28. The first-order valence-corrected chi connectivity index (χ1v) is 8.00. The molecule has 0 saturated heterocycles. The van der Waals surface area contributed by atoms with E-state index in [1.807, 2.05) is 0 Å². The Bertz CT molecular complexity index is 139. The van der Waals surface area contributed by atoms with Crippen LogP contribution >= 0.6 is 63.7 Å². The van der Waals surface area contributed by atoms with Crippen molar-refractivity contribution in [1.29, 1.82) is 0 Å². The van der Waals surface area contributed by atoms with Gasteiger partial charge in [-0.05, 0) is 25.2 Å². The molecule has 0 radical (unpaired) electrons. The number of halogens is 4. The van der Waals surface area contributed by atoms with Crippen LogP contribution in [0.4, 0.5) is 0 Å². The van der Waals surface area contributed by atoms with Gasteiger partial charge in [-0.3, -0.25) is 0 Å². The summed E-state index contributed by atoms with van der Waals surface area (Å²) in [6.07, 6.45) is 3.90. The lowest BCUT2D eigenvalue weighted by Gasteiger charge is -2.32. The van der Waals surface area contributed by atoms with E-state index in [0.29, 0.717) is 14.5 Å². The Labute approximate surface area is 108 Å². The molecule has 4 atom stereocenters. The molecule has 0 amide bonds. The molecule has 1 fully saturated rings. The molecule has 0 aliphatic heterocycles. The van der Waals surface area contributed by atoms with Crippen LogP contribution in [-0.2, 0) is 0 Å². The average Bonchev–Trinajstić information content (AvgIpc) is 2.08. The van der Waals surface area contributed by atoms with Crippen molar-refractivity contribution in [2.24, 2.45) is 5.92 Å². The van der Waals surface area contributed by atoms with E-state index in [4.69, 9.17) is 0 Å². The van der Waals surface area contributed by atoms with E-state index in [9.17, 15) is 0 Å². The minimum Gasteiger partial charge on any atom is -0.0916 e. The zero-order valence-corrected chi connectivity index (χ0v) is 13.0. The van der Waals surface area contributed by atoms with Crippen LogP contribution in [0.2, 0.25) is 0 Å². The molecule has 0 aromatic heterocycles. The number of rotatable bonds is 2. The first-order chi connectivity index (χ1) is 5.65. The van der Waals surface area contributed by atoms with Gasteiger partial charge in [-0.25, -0.2) is 0 Å². The fraction of sp³-hybridized carbons (Fsp3) is 1.00. The molecule has 1 saturated carbocycles. The molecule has 0 nitrogen and oxygen atoms in total. The van der Waals surface area contributed by atoms with Crippen molar-refractivity contribution in [2.45, 2.75) is 33.7 Å². The molecule has 0 spiro atoms. The molecule has 0 aromatic rings. The van der Waals surface area contributed by atoms with Crippen molar-refractivity contribution in [2.75, 3.05) is 5.33 Å². The van der Waals surface area contributed by atoms with Gasteiger partial charge in [-0.2, -0.15) is 0 Å². The third kappa shape index (κ3) is 3.25. The van der Waals surface area contributed by atoms with E-state index >= 15 is 0 Å². The maximum atomic E-state index is 3.71. The number of alkyl halides is 4. The Morgan fingerprint density at radius 3 is 2.33 bits per heavy atom. The van der Waals surface area contributed by atoms with Gasteiger partial charge in [0.05, 0.1) is 0 Å². The first kappa shape index (κ1) is 12.0. The summed E-state index contributed by atoms with van der Waals surface area (Å²) in [5, 5.41) is 1.06. The molecule has 0 aromatic carbocycles. The topological polar surface area (TPSA) is 0 Å². The van der Waals surface area contributed by atoms with Gasteiger partial charge in [0.2, 0.25) is 0 Å². The van der Waals surface area contributed by atoms with Crippen LogP contribution in [0.5, 0.6) is 0 Å². The van der Waals surface area contributed by atoms with E-state index < -0.39 is 0 Å². The standard InChI is InChI=1S/C8H12Br4/c9-4-8(12)5-1-2-6(10)7(11)3-5/h5-8H,1-4H2/t5-,6+,7-,8-/m1/s1. The minimum absolute atomic E-state index is 0.637. The molecular weight excluding hydrogens is 416 g/mol. The third-order valence-electron chi connectivity index (χ3n) is 2.39. The number of hydrogen-bond donors (Lipinski definition) is 0. The maximum absolute atomic E-state index is 3.71. The second-order valence-corrected chi connectivity index (χ2v) is 7.45. The Balaban J connectivity index is 2.39. The van der Waals surface area contributed by atoms with E-state index in [2.05, 4.69) is 63.7 Å². The van der Waals surface area contributed by atoms with Crippen molar-refractivity contribution in [3.63, 3.8) is 0 Å². The summed E-state index contributed by atoms with van der Waals surface area (Å²) in [4.78, 5) is 1.96. The Kier molecular flexibility index (Phi) is 5.71. The van der Waals surface area contributed by atoms with Crippen LogP contribution in [0.1, 0.15) is 19.3 Å². The van der Waals surface area contributed by atoms with Gasteiger partial charge in [-0.1, -0.05) is 63.7 Å². The van der Waals surface area contributed by atoms with E-state index in [-0.39, 0.29) is 0 Å². The van der Waals surface area contributed by atoms with Gasteiger partial charge in [-0.15, -0.1) is 0 Å². The van der Waals surface area contributed by atoms with Crippen molar-refractivity contribution in [3.8, 4) is 0 Å². The van der Waals surface area contributed by atoms with Gasteiger partial charge in [0.1, 0.15) is 0 Å². The predicted molar refractivity (Wildman–Crippen MR) is 69.3 cm³/mol. The van der Waals surface area contributed by atoms with Gasteiger partial charge >= 0.3 is 0 Å². The van der Waals surface area contributed by atoms with Gasteiger partial charge < -0.3 is 0 Å². The van der Waals surface area contributed by atoms with Crippen molar-refractivity contribution < 1.29 is 0 Å². The maximum Gasteiger partial charge on any atom is 0.0274 e. The fourth-order valence-electron chi connectivity index (χ4n) is 1.56. The summed E-state index contributed by atoms with van der Waals surface area (Å²) in [6.45, 7) is 0. The first-order valence-electron chi connectivity index (χ1n) is 4.13. The summed E-state index contributed by atoms with van der Waals surface area (Å²) in [6, 6.07) is 0. The van der Waals surface area contributed by atoms with Crippen LogP contribution in [0.3, 0.4) is 0 Å². The zero-order chi connectivity index (χ0) is 9.14. The third-order valence-corrected chi connectivity index (χ3v) is 7.85. The summed E-state index contributed by atoms with van der Waals surface area (Å²) >= 11 is 14.6. The quantitative estimate of drug-likeness (QED) is 0.570. The molecule has 72 valence electrons. The average molecular weight is 428 g/mol. The molecule has 1 rings (SSSR count). The molecule has 0 unspecified atom stereocenters. The van der Waals surface area contributed by atoms with E-state index in [1.54, 1.807) is 0 Å². The molecule has 12 heavy (non-hydrogen) atoms. The highest BCUT2D eigenvalue weighted by Gasteiger charge is 2.30. The molecule has 0 N–H and O–H groups in total. The van der Waals surface area contributed by atoms with Crippen LogP contribution < -0.4 is 0 Å². The molecule has 1 aliphatic carbocycles. The summed E-state index contributed by atoms with van der Waals surface area (Å²) in [7, 11) is 0. The smallest absolute Gasteiger partial charge is 0.0274 e. The Morgan fingerprint density at radius 1 is 1.17 bits per heavy atom. The van der Waals surface area contributed by atoms with Gasteiger partial charge in [0.15, 0.2) is 0 Å². The van der Waals surface area contributed by atoms with Crippen molar-refractivity contribution >= 4 is 63.7 Å². The van der Waals surface area contributed by atoms with Crippen LogP contribution in [0, 0.1) is 5.92 Å². The SMILES string of the molecule is BrC[C@@H](Br)[C@@H]1CC[C@H](Br)[C@H](Br)C1. The highest BCUT2D eigenvalue weighted by molar-refractivity contribution is 9.12. The van der Waals surface area contributed by atoms with Crippen molar-refractivity contribution in [3.05, 3.63) is 0 Å². The van der Waals surface area contributed by atoms with Crippen molar-refractivity contribution in [1.82, 2.24) is 0 Å². The zero-order valence-electron chi connectivity index (χ0n) is 6.65. The minimum atomic E-state index is 0.637. The second kappa shape index (κ2) is 5.72. The van der Waals surface area contributed by atoms with Crippen LogP contribution in [-0.4, -0.2) is 19.8 Å². The summed E-state index contributed by atoms with van der Waals surface area (Å²) < 4.78 is 0. The van der Waals surface area contributed by atoms with Gasteiger partial charge in [0, 0.05) is 19.8 Å². The van der Waals surface area contributed by atoms with E-state index in [0.717, 1.165) is 11.2 Å². The Morgan fingerprint density at radius 2 is 1.83 bits per heavy atom. The highest BCUT2D eigenvalue weighted by Crippen LogP contribution is 2.37. The molecular formula is C8H12Br4. The molecule has 0 bridgehead atoms. The summed E-state index contributed by atoms with van der Waals surface area (Å²) in [5.41, 5.74) is 0. The molecule has 1 aliphatic rings. The lowest BCUT2D eigenvalue weighted by molar-refractivity contribution is 0.383.